The molecule has 1 amide bonds. The molecule has 2 N–H and O–H groups in total. The van der Waals surface area contributed by atoms with Crippen molar-refractivity contribution in [3.05, 3.63) is 82.6 Å². The summed E-state index contributed by atoms with van der Waals surface area (Å²) in [6, 6.07) is 13.1. The van der Waals surface area contributed by atoms with Crippen molar-refractivity contribution in [2.75, 3.05) is 11.9 Å². The van der Waals surface area contributed by atoms with Gasteiger partial charge in [-0.05, 0) is 48.4 Å². The maximum atomic E-state index is 13.0. The third-order valence-corrected chi connectivity index (χ3v) is 6.17. The van der Waals surface area contributed by atoms with E-state index in [1.165, 1.54) is 29.1 Å². The van der Waals surface area contributed by atoms with Crippen LogP contribution in [0.15, 0.2) is 65.8 Å². The molecule has 198 valence electrons. The largest absolute Gasteiger partial charge is 0.457 e. The Hall–Kier alpha value is -3.39. The second kappa shape index (κ2) is 12.0. The van der Waals surface area contributed by atoms with E-state index < -0.39 is 34.7 Å². The number of halogens is 5. The number of pyridine rings is 1. The first-order valence-corrected chi connectivity index (χ1v) is 12.4. The molecule has 1 aromatic heterocycles. The molecule has 1 atom stereocenters. The molecule has 8 nitrogen and oxygen atoms in total. The lowest BCUT2D eigenvalue weighted by molar-refractivity contribution is -0.137. The third-order valence-electron chi connectivity index (χ3n) is 5.41. The van der Waals surface area contributed by atoms with Gasteiger partial charge in [0.15, 0.2) is 23.0 Å². The number of hydrogen-bond acceptors (Lipinski definition) is 7. The van der Waals surface area contributed by atoms with Crippen molar-refractivity contribution in [2.45, 2.75) is 25.1 Å². The van der Waals surface area contributed by atoms with Crippen LogP contribution in [0, 0.1) is 0 Å². The van der Waals surface area contributed by atoms with Crippen LogP contribution in [0.25, 0.3) is 0 Å². The molecule has 0 spiro atoms. The Morgan fingerprint density at radius 2 is 1.92 bits per heavy atom. The number of aryl methyl sites for hydroxylation is 1. The molecule has 1 aliphatic rings. The van der Waals surface area contributed by atoms with E-state index in [9.17, 15) is 22.8 Å². The number of amides is 1. The van der Waals surface area contributed by atoms with E-state index >= 15 is 0 Å². The van der Waals surface area contributed by atoms with Gasteiger partial charge in [0.05, 0.1) is 17.1 Å². The van der Waals surface area contributed by atoms with Gasteiger partial charge in [0, 0.05) is 24.4 Å². The SMILES string of the molecule is O=C(CCc1cccc(Oc2ccnc(C3=NCC(C(=O)OI)N3)c2)c1)Nc1ccc(Cl)c(C(F)(F)F)c1. The highest BCUT2D eigenvalue weighted by Gasteiger charge is 2.33. The van der Waals surface area contributed by atoms with Crippen molar-refractivity contribution in [1.82, 2.24) is 10.3 Å². The second-order valence-electron chi connectivity index (χ2n) is 8.15. The predicted molar refractivity (Wildman–Crippen MR) is 143 cm³/mol. The second-order valence-corrected chi connectivity index (χ2v) is 9.00. The van der Waals surface area contributed by atoms with E-state index in [0.29, 0.717) is 29.4 Å². The number of alkyl halides is 3. The van der Waals surface area contributed by atoms with E-state index in [-0.39, 0.29) is 18.7 Å². The molecular formula is C25H19ClF3IN4O4. The lowest BCUT2D eigenvalue weighted by atomic mass is 10.1. The normalized spacial score (nSPS) is 14.9. The minimum absolute atomic E-state index is 0.0103. The highest BCUT2D eigenvalue weighted by molar-refractivity contribution is 14.1. The molecule has 1 unspecified atom stereocenters. The summed E-state index contributed by atoms with van der Waals surface area (Å²) in [5.41, 5.74) is 0.284. The number of ether oxygens (including phenoxy) is 1. The van der Waals surface area contributed by atoms with E-state index in [1.54, 1.807) is 36.5 Å². The molecule has 0 fully saturated rings. The Morgan fingerprint density at radius 3 is 2.68 bits per heavy atom. The van der Waals surface area contributed by atoms with Crippen molar-refractivity contribution >= 4 is 58.0 Å². The monoisotopic (exact) mass is 658 g/mol. The van der Waals surface area contributed by atoms with Gasteiger partial charge < -0.3 is 18.4 Å². The number of aliphatic imine (C=N–C) groups is 1. The first-order valence-electron chi connectivity index (χ1n) is 11.2. The van der Waals surface area contributed by atoms with Crippen LogP contribution in [-0.4, -0.2) is 35.3 Å². The molecule has 38 heavy (non-hydrogen) atoms. The molecule has 0 radical (unpaired) electrons. The summed E-state index contributed by atoms with van der Waals surface area (Å²) in [6.45, 7) is 0.237. The minimum atomic E-state index is -4.62. The zero-order valence-electron chi connectivity index (χ0n) is 19.4. The van der Waals surface area contributed by atoms with Crippen LogP contribution in [0.1, 0.15) is 23.2 Å². The summed E-state index contributed by atoms with van der Waals surface area (Å²) >= 11 is 7.15. The molecule has 0 bridgehead atoms. The van der Waals surface area contributed by atoms with Crippen LogP contribution < -0.4 is 15.4 Å². The Balaban J connectivity index is 1.35. The van der Waals surface area contributed by atoms with Gasteiger partial charge in [0.25, 0.3) is 0 Å². The maximum Gasteiger partial charge on any atom is 0.417 e. The number of anilines is 1. The molecule has 2 aromatic carbocycles. The molecule has 0 aliphatic carbocycles. The Bertz CT molecular complexity index is 1390. The molecule has 1 aliphatic heterocycles. The first-order chi connectivity index (χ1) is 18.1. The summed E-state index contributed by atoms with van der Waals surface area (Å²) in [6.07, 6.45) is -2.70. The number of aromatic nitrogens is 1. The van der Waals surface area contributed by atoms with E-state index in [0.717, 1.165) is 17.7 Å². The van der Waals surface area contributed by atoms with Crippen LogP contribution in [-0.2, 0) is 25.3 Å². The van der Waals surface area contributed by atoms with Crippen molar-refractivity contribution in [3.63, 3.8) is 0 Å². The predicted octanol–water partition coefficient (Wildman–Crippen LogP) is 5.73. The number of carbonyl (C=O) groups is 2. The molecule has 13 heteroatoms. The van der Waals surface area contributed by atoms with E-state index in [1.807, 2.05) is 6.07 Å². The molecule has 4 rings (SSSR count). The highest BCUT2D eigenvalue weighted by Crippen LogP contribution is 2.36. The Kier molecular flexibility index (Phi) is 8.72. The van der Waals surface area contributed by atoms with Gasteiger partial charge in [-0.15, -0.1) is 0 Å². The molecule has 2 heterocycles. The Labute approximate surface area is 234 Å². The van der Waals surface area contributed by atoms with Crippen molar-refractivity contribution in [1.29, 1.82) is 0 Å². The zero-order valence-corrected chi connectivity index (χ0v) is 22.3. The number of carbonyl (C=O) groups excluding carboxylic acids is 2. The minimum Gasteiger partial charge on any atom is -0.457 e. The quantitative estimate of drug-likeness (QED) is 0.300. The number of nitrogens with zero attached hydrogens (tertiary/aromatic N) is 2. The lowest BCUT2D eigenvalue weighted by Gasteiger charge is -2.12. The van der Waals surface area contributed by atoms with Gasteiger partial charge in [0.2, 0.25) is 5.91 Å². The third kappa shape index (κ3) is 7.13. The summed E-state index contributed by atoms with van der Waals surface area (Å²) < 4.78 is 49.8. The van der Waals surface area contributed by atoms with Crippen LogP contribution in [0.2, 0.25) is 5.02 Å². The first kappa shape index (κ1) is 27.6. The van der Waals surface area contributed by atoms with Gasteiger partial charge >= 0.3 is 12.1 Å². The van der Waals surface area contributed by atoms with Crippen molar-refractivity contribution in [3.8, 4) is 11.5 Å². The van der Waals surface area contributed by atoms with Crippen LogP contribution >= 0.6 is 34.6 Å². The van der Waals surface area contributed by atoms with Crippen molar-refractivity contribution in [2.24, 2.45) is 4.99 Å². The average molecular weight is 659 g/mol. The molecule has 0 saturated heterocycles. The number of nitrogens with one attached hydrogen (secondary N) is 2. The van der Waals surface area contributed by atoms with Gasteiger partial charge in [-0.3, -0.25) is 14.8 Å². The van der Waals surface area contributed by atoms with Gasteiger partial charge in [0.1, 0.15) is 29.1 Å². The topological polar surface area (TPSA) is 102 Å². The van der Waals surface area contributed by atoms with Crippen molar-refractivity contribution < 1.29 is 30.6 Å². The van der Waals surface area contributed by atoms with E-state index in [4.69, 9.17) is 19.4 Å². The van der Waals surface area contributed by atoms with Gasteiger partial charge in [-0.2, -0.15) is 13.2 Å². The zero-order chi connectivity index (χ0) is 27.3. The fourth-order valence-corrected chi connectivity index (χ4v) is 4.12. The van der Waals surface area contributed by atoms with Crippen LogP contribution in [0.3, 0.4) is 0 Å². The lowest BCUT2D eigenvalue weighted by Crippen LogP contribution is -2.37. The summed E-state index contributed by atoms with van der Waals surface area (Å²) in [7, 11) is 0. The summed E-state index contributed by atoms with van der Waals surface area (Å²) in [5, 5.41) is 5.00. The van der Waals surface area contributed by atoms with Crippen LogP contribution in [0.4, 0.5) is 18.9 Å². The summed E-state index contributed by atoms with van der Waals surface area (Å²) in [4.78, 5) is 32.6. The molecular weight excluding hydrogens is 640 g/mol. The smallest absolute Gasteiger partial charge is 0.417 e. The fourth-order valence-electron chi connectivity index (χ4n) is 3.59. The Morgan fingerprint density at radius 1 is 1.13 bits per heavy atom. The number of benzene rings is 2. The highest BCUT2D eigenvalue weighted by atomic mass is 127. The molecule has 0 saturated carbocycles. The summed E-state index contributed by atoms with van der Waals surface area (Å²) in [5.74, 6) is 0.574. The number of amidine groups is 1. The molecule has 3 aromatic rings. The van der Waals surface area contributed by atoms with E-state index in [2.05, 4.69) is 20.6 Å². The van der Waals surface area contributed by atoms with Crippen LogP contribution in [0.5, 0.6) is 11.5 Å². The number of rotatable bonds is 8. The standard InChI is InChI=1S/C25H19ClF3IN4O4/c26-19-6-5-15(11-18(19)25(27,28)29)33-22(35)7-4-14-2-1-3-16(10-14)37-17-8-9-31-20(12-17)23-32-13-21(34-23)24(36)38-30/h1-3,5-6,8-12,21H,4,7,13H2,(H,32,34)(H,33,35). The average Bonchev–Trinajstić information content (AvgIpc) is 3.38. The maximum absolute atomic E-state index is 13.0. The van der Waals surface area contributed by atoms with Gasteiger partial charge in [-0.1, -0.05) is 23.7 Å². The number of hydrogen-bond donors (Lipinski definition) is 2. The fraction of sp³-hybridized carbons (Fsp3) is 0.200. The van der Waals surface area contributed by atoms with Gasteiger partial charge in [-0.25, -0.2) is 4.79 Å².